The van der Waals surface area contributed by atoms with Crippen molar-refractivity contribution in [2.24, 2.45) is 46.8 Å². The first-order valence-corrected chi connectivity index (χ1v) is 11.7. The summed E-state index contributed by atoms with van der Waals surface area (Å²) in [6, 6.07) is 0. The molecule has 0 aromatic rings. The molecule has 3 nitrogen and oxygen atoms in total. The Morgan fingerprint density at radius 1 is 0.966 bits per heavy atom. The summed E-state index contributed by atoms with van der Waals surface area (Å²) in [5.74, 6) is 5.99. The number of rotatable bonds is 5. The van der Waals surface area contributed by atoms with Crippen LogP contribution in [0.5, 0.6) is 0 Å². The zero-order valence-corrected chi connectivity index (χ0v) is 18.3. The lowest BCUT2D eigenvalue weighted by Crippen LogP contribution is -2.72. The van der Waals surface area contributed by atoms with Crippen molar-refractivity contribution in [3.8, 4) is 0 Å². The van der Waals surface area contributed by atoms with Crippen LogP contribution in [0.25, 0.3) is 0 Å². The number of ether oxygens (including phenoxy) is 2. The van der Waals surface area contributed by atoms with E-state index in [1.807, 2.05) is 41.5 Å². The summed E-state index contributed by atoms with van der Waals surface area (Å²) in [5.41, 5.74) is -0.392. The van der Waals surface area contributed by atoms with Crippen molar-refractivity contribution in [1.29, 1.82) is 0 Å². The highest BCUT2D eigenvalue weighted by atomic mass is 16.7. The van der Waals surface area contributed by atoms with Crippen LogP contribution in [0.15, 0.2) is 0 Å². The van der Waals surface area contributed by atoms with Crippen LogP contribution in [-0.4, -0.2) is 17.9 Å². The third-order valence-corrected chi connectivity index (χ3v) is 9.08. The lowest BCUT2D eigenvalue weighted by molar-refractivity contribution is -0.338. The van der Waals surface area contributed by atoms with Gasteiger partial charge in [0.15, 0.2) is 0 Å². The first-order valence-electron chi connectivity index (χ1n) is 11.7. The van der Waals surface area contributed by atoms with E-state index in [2.05, 4.69) is 0 Å². The highest BCUT2D eigenvalue weighted by Gasteiger charge is 2.71. The normalized spacial score (nSPS) is 43.6. The van der Waals surface area contributed by atoms with Crippen LogP contribution in [0.1, 0.15) is 101 Å². The van der Waals surface area contributed by atoms with Gasteiger partial charge in [0.1, 0.15) is 0 Å². The molecule has 7 fully saturated rings. The molecule has 7 aliphatic carbocycles. The van der Waals surface area contributed by atoms with Crippen LogP contribution >= 0.6 is 0 Å². The van der Waals surface area contributed by atoms with E-state index in [0.717, 1.165) is 47.8 Å². The third-order valence-electron chi connectivity index (χ3n) is 9.08. The van der Waals surface area contributed by atoms with Gasteiger partial charge in [0.2, 0.25) is 6.29 Å². The monoisotopic (exact) mass is 408 g/mol. The summed E-state index contributed by atoms with van der Waals surface area (Å²) >= 11 is 0. The Morgan fingerprint density at radius 2 is 1.48 bits per heavy atom. The van der Waals surface area contributed by atoms with E-state index in [4.69, 9.17) is 9.47 Å². The molecule has 5 unspecified atom stereocenters. The van der Waals surface area contributed by atoms with Crippen LogP contribution in [-0.2, 0) is 14.3 Å². The van der Waals surface area contributed by atoms with Crippen molar-refractivity contribution < 1.29 is 14.3 Å². The van der Waals surface area contributed by atoms with Gasteiger partial charge in [-0.25, -0.2) is 0 Å². The fourth-order valence-corrected chi connectivity index (χ4v) is 7.88. The standard InChI is InChI=1S/C22H34O3.C2H6.2CH4/c1-5-21(3,4)20(23)24-12(2)25-22-11-14-7-16-15-6-13(9-18(16)22)10-19(22)17(15)8-14;1-2;;/h12-19H,5-11H2,1-4H3;1-2H3;2*1H4. The van der Waals surface area contributed by atoms with Gasteiger partial charge in [0.25, 0.3) is 0 Å². The molecule has 5 atom stereocenters. The van der Waals surface area contributed by atoms with Crippen molar-refractivity contribution in [2.45, 2.75) is 113 Å². The fourth-order valence-electron chi connectivity index (χ4n) is 7.88. The number of carbonyl (C=O) groups excluding carboxylic acids is 1. The highest BCUT2D eigenvalue weighted by Crippen LogP contribution is 2.73. The number of esters is 1. The molecule has 7 aliphatic rings. The largest absolute Gasteiger partial charge is 0.436 e. The van der Waals surface area contributed by atoms with Gasteiger partial charge < -0.3 is 9.47 Å². The summed E-state index contributed by atoms with van der Waals surface area (Å²) < 4.78 is 12.5. The predicted octanol–water partition coefficient (Wildman–Crippen LogP) is 7.09. The summed E-state index contributed by atoms with van der Waals surface area (Å²) in [6.07, 6.45) is 8.77. The Morgan fingerprint density at radius 3 is 2.00 bits per heavy atom. The molecule has 0 aromatic heterocycles. The van der Waals surface area contributed by atoms with Crippen molar-refractivity contribution in [1.82, 2.24) is 0 Å². The molecular formula is C26H48O3. The highest BCUT2D eigenvalue weighted by molar-refractivity contribution is 5.75. The molecule has 0 amide bonds. The summed E-state index contributed by atoms with van der Waals surface area (Å²) in [4.78, 5) is 12.5. The first-order chi connectivity index (χ1) is 12.8. The average molecular weight is 409 g/mol. The van der Waals surface area contributed by atoms with E-state index in [0.29, 0.717) is 0 Å². The SMILES string of the molecule is C.C.CC.CCC(C)(C)C(=O)OC(C)OC12CC3CC4C5CC(CC41)CC2C5C3. The number of carbonyl (C=O) groups is 1. The van der Waals surface area contributed by atoms with Gasteiger partial charge in [-0.1, -0.05) is 35.6 Å². The van der Waals surface area contributed by atoms with Crippen molar-refractivity contribution in [2.75, 3.05) is 0 Å². The summed E-state index contributed by atoms with van der Waals surface area (Å²) in [7, 11) is 0. The van der Waals surface area contributed by atoms with Crippen LogP contribution in [0.3, 0.4) is 0 Å². The molecular weight excluding hydrogens is 360 g/mol. The predicted molar refractivity (Wildman–Crippen MR) is 120 cm³/mol. The molecule has 0 heterocycles. The minimum absolute atomic E-state index is 0. The number of hydrogen-bond donors (Lipinski definition) is 0. The Hall–Kier alpha value is -0.570. The molecule has 0 N–H and O–H groups in total. The quantitative estimate of drug-likeness (QED) is 0.360. The van der Waals surface area contributed by atoms with Crippen molar-refractivity contribution in [3.63, 3.8) is 0 Å². The Kier molecular flexibility index (Phi) is 7.25. The number of hydrogen-bond acceptors (Lipinski definition) is 3. The lowest BCUT2D eigenvalue weighted by Gasteiger charge is -2.74. The van der Waals surface area contributed by atoms with Gasteiger partial charge in [-0.2, -0.15) is 0 Å². The van der Waals surface area contributed by atoms with Crippen molar-refractivity contribution >= 4 is 5.97 Å². The van der Waals surface area contributed by atoms with Crippen LogP contribution in [0.4, 0.5) is 0 Å². The minimum Gasteiger partial charge on any atom is -0.436 e. The zero-order chi connectivity index (χ0) is 19.6. The van der Waals surface area contributed by atoms with Crippen LogP contribution in [0, 0.1) is 46.8 Å². The van der Waals surface area contributed by atoms with E-state index >= 15 is 0 Å². The molecule has 3 heteroatoms. The van der Waals surface area contributed by atoms with Crippen LogP contribution < -0.4 is 0 Å². The van der Waals surface area contributed by atoms with E-state index in [9.17, 15) is 4.79 Å². The van der Waals surface area contributed by atoms with E-state index in [1.54, 1.807) is 0 Å². The van der Waals surface area contributed by atoms with Gasteiger partial charge in [-0.05, 0) is 107 Å². The molecule has 0 saturated heterocycles. The maximum Gasteiger partial charge on any atom is 0.313 e. The minimum atomic E-state index is -0.420. The average Bonchev–Trinajstić information content (AvgIpc) is 2.66. The van der Waals surface area contributed by atoms with Gasteiger partial charge in [0, 0.05) is 0 Å². The molecule has 0 aliphatic heterocycles. The second-order valence-electron chi connectivity index (χ2n) is 10.6. The Bertz CT molecular complexity index is 559. The third kappa shape index (κ3) is 3.58. The first kappa shape index (κ1) is 24.7. The smallest absolute Gasteiger partial charge is 0.313 e. The molecule has 29 heavy (non-hydrogen) atoms. The topological polar surface area (TPSA) is 35.5 Å². The maximum absolute atomic E-state index is 12.5. The van der Waals surface area contributed by atoms with E-state index in [-0.39, 0.29) is 26.4 Å². The summed E-state index contributed by atoms with van der Waals surface area (Å²) in [5, 5.41) is 0. The molecule has 7 saturated carbocycles. The molecule has 170 valence electrons. The van der Waals surface area contributed by atoms with E-state index < -0.39 is 11.7 Å². The van der Waals surface area contributed by atoms with Gasteiger partial charge in [0.05, 0.1) is 11.0 Å². The summed E-state index contributed by atoms with van der Waals surface area (Å²) in [6.45, 7) is 11.9. The van der Waals surface area contributed by atoms with Gasteiger partial charge in [-0.15, -0.1) is 0 Å². The van der Waals surface area contributed by atoms with Crippen molar-refractivity contribution in [3.05, 3.63) is 0 Å². The lowest BCUT2D eigenvalue weighted by atomic mass is 9.34. The van der Waals surface area contributed by atoms with E-state index in [1.165, 1.54) is 38.5 Å². The molecule has 0 radical (unpaired) electrons. The maximum atomic E-state index is 12.5. The van der Waals surface area contributed by atoms with Crippen LogP contribution in [0.2, 0.25) is 0 Å². The molecule has 0 spiro atoms. The Balaban J connectivity index is 0.000000729. The molecule has 8 bridgehead atoms. The second kappa shape index (κ2) is 8.52. The fraction of sp³-hybridized carbons (Fsp3) is 0.962. The second-order valence-corrected chi connectivity index (χ2v) is 10.6. The molecule has 0 aromatic carbocycles. The van der Waals surface area contributed by atoms with Gasteiger partial charge in [-0.3, -0.25) is 4.79 Å². The molecule has 7 rings (SSSR count). The van der Waals surface area contributed by atoms with Gasteiger partial charge >= 0.3 is 5.97 Å². The Labute approximate surface area is 180 Å². The zero-order valence-electron chi connectivity index (χ0n) is 18.3.